The minimum absolute atomic E-state index is 0.115. The summed E-state index contributed by atoms with van der Waals surface area (Å²) in [4.78, 5) is 12.3. The molecule has 1 amide bonds. The Bertz CT molecular complexity index is 686. The summed E-state index contributed by atoms with van der Waals surface area (Å²) in [5, 5.41) is 14.7. The van der Waals surface area contributed by atoms with Crippen molar-refractivity contribution in [2.45, 2.75) is 50.7 Å². The third-order valence-corrected chi connectivity index (χ3v) is 5.14. The number of hydrogen-bond acceptors (Lipinski definition) is 4. The van der Waals surface area contributed by atoms with Crippen molar-refractivity contribution in [2.24, 2.45) is 5.92 Å². The first-order valence-corrected chi connectivity index (χ1v) is 8.75. The summed E-state index contributed by atoms with van der Waals surface area (Å²) >= 11 is 0. The highest BCUT2D eigenvalue weighted by Crippen LogP contribution is 2.32. The van der Waals surface area contributed by atoms with Crippen molar-refractivity contribution in [3.05, 3.63) is 42.5 Å². The maximum absolute atomic E-state index is 12.3. The summed E-state index contributed by atoms with van der Waals surface area (Å²) in [6, 6.07) is 11.2. The SMILES string of the molecule is O=C(CC1CC2CCC(C1)N2)NCc1nncn1-c1ccccc1. The van der Waals surface area contributed by atoms with Gasteiger partial charge < -0.3 is 10.6 Å². The minimum atomic E-state index is 0.115. The molecule has 126 valence electrons. The van der Waals surface area contributed by atoms with Gasteiger partial charge in [-0.15, -0.1) is 10.2 Å². The van der Waals surface area contributed by atoms with E-state index in [1.807, 2.05) is 34.9 Å². The Morgan fingerprint density at radius 1 is 1.21 bits per heavy atom. The molecule has 0 radical (unpaired) electrons. The summed E-state index contributed by atoms with van der Waals surface area (Å²) in [5.74, 6) is 1.37. The number of para-hydroxylation sites is 1. The molecule has 1 aromatic carbocycles. The smallest absolute Gasteiger partial charge is 0.220 e. The van der Waals surface area contributed by atoms with Crippen molar-refractivity contribution in [3.8, 4) is 5.69 Å². The lowest BCUT2D eigenvalue weighted by molar-refractivity contribution is -0.122. The Balaban J connectivity index is 1.32. The molecule has 3 heterocycles. The van der Waals surface area contributed by atoms with Gasteiger partial charge in [0, 0.05) is 24.2 Å². The number of hydrogen-bond donors (Lipinski definition) is 2. The van der Waals surface area contributed by atoms with Gasteiger partial charge in [-0.1, -0.05) is 18.2 Å². The summed E-state index contributed by atoms with van der Waals surface area (Å²) in [5.41, 5.74) is 1.00. The molecule has 6 heteroatoms. The van der Waals surface area contributed by atoms with Gasteiger partial charge in [0.2, 0.25) is 5.91 Å². The Kier molecular flexibility index (Phi) is 4.30. The van der Waals surface area contributed by atoms with Crippen LogP contribution < -0.4 is 10.6 Å². The third-order valence-electron chi connectivity index (χ3n) is 5.14. The zero-order valence-electron chi connectivity index (χ0n) is 13.7. The Labute approximate surface area is 141 Å². The van der Waals surface area contributed by atoms with Gasteiger partial charge in [-0.3, -0.25) is 9.36 Å². The van der Waals surface area contributed by atoms with E-state index in [9.17, 15) is 4.79 Å². The molecule has 4 rings (SSSR count). The topological polar surface area (TPSA) is 71.8 Å². The molecule has 24 heavy (non-hydrogen) atoms. The van der Waals surface area contributed by atoms with Crippen LogP contribution in [-0.4, -0.2) is 32.8 Å². The predicted molar refractivity (Wildman–Crippen MR) is 90.5 cm³/mol. The van der Waals surface area contributed by atoms with E-state index in [0.29, 0.717) is 31.0 Å². The molecular formula is C18H23N5O. The Morgan fingerprint density at radius 3 is 2.71 bits per heavy atom. The fourth-order valence-electron chi connectivity index (χ4n) is 4.04. The van der Waals surface area contributed by atoms with Crippen molar-refractivity contribution >= 4 is 5.91 Å². The number of benzene rings is 1. The quantitative estimate of drug-likeness (QED) is 0.879. The van der Waals surface area contributed by atoms with Crippen LogP contribution in [0, 0.1) is 5.92 Å². The van der Waals surface area contributed by atoms with Crippen molar-refractivity contribution in [2.75, 3.05) is 0 Å². The molecule has 1 aromatic heterocycles. The fourth-order valence-corrected chi connectivity index (χ4v) is 4.04. The zero-order chi connectivity index (χ0) is 16.4. The molecule has 2 bridgehead atoms. The Morgan fingerprint density at radius 2 is 1.96 bits per heavy atom. The lowest BCUT2D eigenvalue weighted by Gasteiger charge is -2.28. The highest BCUT2D eigenvalue weighted by atomic mass is 16.1. The number of nitrogens with one attached hydrogen (secondary N) is 2. The summed E-state index contributed by atoms with van der Waals surface area (Å²) in [7, 11) is 0. The molecular weight excluding hydrogens is 302 g/mol. The average molecular weight is 325 g/mol. The van der Waals surface area contributed by atoms with Gasteiger partial charge in [0.1, 0.15) is 6.33 Å². The highest BCUT2D eigenvalue weighted by Gasteiger charge is 2.34. The number of nitrogens with zero attached hydrogens (tertiary/aromatic N) is 3. The van der Waals surface area contributed by atoms with Gasteiger partial charge in [0.15, 0.2) is 5.82 Å². The molecule has 2 fully saturated rings. The van der Waals surface area contributed by atoms with Gasteiger partial charge in [0.25, 0.3) is 0 Å². The molecule has 6 nitrogen and oxygen atoms in total. The van der Waals surface area contributed by atoms with Crippen molar-refractivity contribution < 1.29 is 4.79 Å². The van der Waals surface area contributed by atoms with Crippen LogP contribution in [0.4, 0.5) is 0 Å². The van der Waals surface area contributed by atoms with E-state index in [0.717, 1.165) is 24.4 Å². The van der Waals surface area contributed by atoms with Crippen LogP contribution in [0.3, 0.4) is 0 Å². The van der Waals surface area contributed by atoms with E-state index in [1.54, 1.807) is 6.33 Å². The Hall–Kier alpha value is -2.21. The second-order valence-corrected chi connectivity index (χ2v) is 6.91. The highest BCUT2D eigenvalue weighted by molar-refractivity contribution is 5.76. The number of aromatic nitrogens is 3. The minimum Gasteiger partial charge on any atom is -0.349 e. The molecule has 2 aliphatic rings. The number of carbonyl (C=O) groups is 1. The molecule has 2 N–H and O–H groups in total. The second kappa shape index (κ2) is 6.73. The van der Waals surface area contributed by atoms with E-state index in [2.05, 4.69) is 20.8 Å². The van der Waals surface area contributed by atoms with Crippen LogP contribution in [0.25, 0.3) is 5.69 Å². The predicted octanol–water partition coefficient (Wildman–Crippen LogP) is 1.80. The second-order valence-electron chi connectivity index (χ2n) is 6.91. The summed E-state index contributed by atoms with van der Waals surface area (Å²) in [6.07, 6.45) is 7.09. The number of fused-ring (bicyclic) bond motifs is 2. The van der Waals surface area contributed by atoms with Crippen LogP contribution in [0.2, 0.25) is 0 Å². The molecule has 2 atom stereocenters. The molecule has 2 saturated heterocycles. The van der Waals surface area contributed by atoms with Crippen LogP contribution in [0.15, 0.2) is 36.7 Å². The van der Waals surface area contributed by atoms with Crippen molar-refractivity contribution in [1.82, 2.24) is 25.4 Å². The van der Waals surface area contributed by atoms with Gasteiger partial charge >= 0.3 is 0 Å². The number of piperidine rings is 1. The third kappa shape index (κ3) is 3.33. The first-order valence-electron chi connectivity index (χ1n) is 8.75. The van der Waals surface area contributed by atoms with E-state index < -0.39 is 0 Å². The standard InChI is InChI=1S/C18H23N5O/c24-18(10-13-8-14-6-7-15(9-13)21-14)19-11-17-22-20-12-23(17)16-4-2-1-3-5-16/h1-5,12-15,21H,6-11H2,(H,19,24). The molecule has 0 saturated carbocycles. The van der Waals surface area contributed by atoms with Crippen LogP contribution >= 0.6 is 0 Å². The first kappa shape index (κ1) is 15.3. The molecule has 0 spiro atoms. The average Bonchev–Trinajstić information content (AvgIpc) is 3.20. The van der Waals surface area contributed by atoms with Gasteiger partial charge in [-0.05, 0) is 43.7 Å². The van der Waals surface area contributed by atoms with Crippen LogP contribution in [0.5, 0.6) is 0 Å². The normalized spacial score (nSPS) is 25.6. The lowest BCUT2D eigenvalue weighted by Crippen LogP contribution is -2.39. The van der Waals surface area contributed by atoms with Gasteiger partial charge in [-0.2, -0.15) is 0 Å². The fraction of sp³-hybridized carbons (Fsp3) is 0.500. The summed E-state index contributed by atoms with van der Waals surface area (Å²) in [6.45, 7) is 0.408. The molecule has 0 aliphatic carbocycles. The first-order chi connectivity index (χ1) is 11.8. The monoisotopic (exact) mass is 325 g/mol. The number of amides is 1. The van der Waals surface area contributed by atoms with E-state index in [1.165, 1.54) is 12.8 Å². The molecule has 2 aliphatic heterocycles. The van der Waals surface area contributed by atoms with Crippen molar-refractivity contribution in [3.63, 3.8) is 0 Å². The van der Waals surface area contributed by atoms with Gasteiger partial charge in [0.05, 0.1) is 6.54 Å². The molecule has 2 unspecified atom stereocenters. The van der Waals surface area contributed by atoms with Gasteiger partial charge in [-0.25, -0.2) is 0 Å². The van der Waals surface area contributed by atoms with Crippen molar-refractivity contribution in [1.29, 1.82) is 0 Å². The summed E-state index contributed by atoms with van der Waals surface area (Å²) < 4.78 is 1.91. The van der Waals surface area contributed by atoms with E-state index in [-0.39, 0.29) is 5.91 Å². The van der Waals surface area contributed by atoms with E-state index >= 15 is 0 Å². The number of carbonyl (C=O) groups excluding carboxylic acids is 1. The van der Waals surface area contributed by atoms with Crippen LogP contribution in [-0.2, 0) is 11.3 Å². The maximum atomic E-state index is 12.3. The largest absolute Gasteiger partial charge is 0.349 e. The number of rotatable bonds is 5. The maximum Gasteiger partial charge on any atom is 0.220 e. The zero-order valence-corrected chi connectivity index (χ0v) is 13.7. The lowest BCUT2D eigenvalue weighted by atomic mass is 9.89. The van der Waals surface area contributed by atoms with E-state index in [4.69, 9.17) is 0 Å². The molecule has 2 aromatic rings. The van der Waals surface area contributed by atoms with Crippen LogP contribution in [0.1, 0.15) is 37.9 Å².